The molecule has 1 atom stereocenters. The molecule has 114 valence electrons. The largest absolute Gasteiger partial charge is 0.335 e. The molecule has 1 fully saturated rings. The van der Waals surface area contributed by atoms with E-state index in [-0.39, 0.29) is 11.8 Å². The van der Waals surface area contributed by atoms with E-state index in [0.717, 1.165) is 18.4 Å². The van der Waals surface area contributed by atoms with Crippen LogP contribution in [-0.4, -0.2) is 21.8 Å². The Morgan fingerprint density at radius 3 is 2.50 bits per heavy atom. The zero-order valence-electron chi connectivity index (χ0n) is 13.0. The van der Waals surface area contributed by atoms with Gasteiger partial charge in [0.15, 0.2) is 0 Å². The third-order valence-electron chi connectivity index (χ3n) is 4.26. The van der Waals surface area contributed by atoms with Crippen LogP contribution in [0.15, 0.2) is 54.9 Å². The van der Waals surface area contributed by atoms with Crippen LogP contribution in [0.3, 0.4) is 0 Å². The first-order chi connectivity index (χ1) is 10.7. The van der Waals surface area contributed by atoms with Crippen molar-refractivity contribution in [2.24, 2.45) is 0 Å². The zero-order valence-corrected chi connectivity index (χ0v) is 13.0. The molecule has 1 amide bonds. The summed E-state index contributed by atoms with van der Waals surface area (Å²) in [5.74, 6) is 0.517. The van der Waals surface area contributed by atoms with Gasteiger partial charge in [-0.3, -0.25) is 9.78 Å². The van der Waals surface area contributed by atoms with Crippen molar-refractivity contribution in [3.8, 4) is 0 Å². The van der Waals surface area contributed by atoms with E-state index in [1.165, 1.54) is 5.56 Å². The van der Waals surface area contributed by atoms with Gasteiger partial charge in [-0.15, -0.1) is 0 Å². The predicted octanol–water partition coefficient (Wildman–Crippen LogP) is 3.77. The molecule has 0 aliphatic heterocycles. The molecule has 3 nitrogen and oxygen atoms in total. The summed E-state index contributed by atoms with van der Waals surface area (Å²) in [6.45, 7) is 2.83. The van der Waals surface area contributed by atoms with Gasteiger partial charge in [-0.05, 0) is 42.0 Å². The molecule has 1 aromatic heterocycles. The predicted molar refractivity (Wildman–Crippen MR) is 87.3 cm³/mol. The van der Waals surface area contributed by atoms with Gasteiger partial charge in [0.05, 0.1) is 0 Å². The van der Waals surface area contributed by atoms with Crippen molar-refractivity contribution < 1.29 is 4.79 Å². The highest BCUT2D eigenvalue weighted by Gasteiger charge is 2.32. The highest BCUT2D eigenvalue weighted by atomic mass is 16.2. The Hall–Kier alpha value is -2.16. The lowest BCUT2D eigenvalue weighted by Crippen LogP contribution is -2.33. The summed E-state index contributed by atoms with van der Waals surface area (Å²) in [7, 11) is 0. The molecule has 1 aliphatic rings. The molecule has 1 heterocycles. The summed E-state index contributed by atoms with van der Waals surface area (Å²) in [5.41, 5.74) is 2.39. The molecule has 2 aromatic rings. The second kappa shape index (κ2) is 6.73. The van der Waals surface area contributed by atoms with E-state index >= 15 is 0 Å². The van der Waals surface area contributed by atoms with Crippen LogP contribution in [-0.2, 0) is 11.3 Å². The molecule has 0 spiro atoms. The maximum atomic E-state index is 12.7. The van der Waals surface area contributed by atoms with Gasteiger partial charge in [-0.25, -0.2) is 0 Å². The van der Waals surface area contributed by atoms with E-state index < -0.39 is 0 Å². The minimum atomic E-state index is 0.257. The summed E-state index contributed by atoms with van der Waals surface area (Å²) in [6.07, 6.45) is 6.42. The fourth-order valence-corrected chi connectivity index (χ4v) is 2.77. The quantitative estimate of drug-likeness (QED) is 0.812. The fourth-order valence-electron chi connectivity index (χ4n) is 2.77. The molecule has 1 aliphatic carbocycles. The smallest absolute Gasteiger partial charge is 0.223 e. The van der Waals surface area contributed by atoms with Crippen LogP contribution in [0.5, 0.6) is 0 Å². The summed E-state index contributed by atoms with van der Waals surface area (Å²) in [4.78, 5) is 18.8. The highest BCUT2D eigenvalue weighted by Crippen LogP contribution is 2.30. The Balaban J connectivity index is 1.65. The number of amides is 1. The molecule has 1 aromatic carbocycles. The molecule has 0 radical (unpaired) electrons. The topological polar surface area (TPSA) is 33.2 Å². The number of hydrogen-bond donors (Lipinski definition) is 0. The standard InChI is InChI=1S/C19H22N2O/c1-15(17-5-3-2-4-6-17)13-19(22)21(18-7-8-18)14-16-9-11-20-12-10-16/h2-6,9-12,15,18H,7-8,13-14H2,1H3. The van der Waals surface area contributed by atoms with Crippen LogP contribution in [0.25, 0.3) is 0 Å². The minimum absolute atomic E-state index is 0.257. The normalized spacial score (nSPS) is 15.3. The number of hydrogen-bond acceptors (Lipinski definition) is 2. The molecule has 0 bridgehead atoms. The lowest BCUT2D eigenvalue weighted by Gasteiger charge is -2.24. The Morgan fingerprint density at radius 2 is 1.86 bits per heavy atom. The number of nitrogens with zero attached hydrogens (tertiary/aromatic N) is 2. The average Bonchev–Trinajstić information content (AvgIpc) is 3.39. The van der Waals surface area contributed by atoms with Crippen molar-refractivity contribution >= 4 is 5.91 Å². The lowest BCUT2D eigenvalue weighted by molar-refractivity contribution is -0.132. The second-order valence-electron chi connectivity index (χ2n) is 6.12. The molecular weight excluding hydrogens is 272 g/mol. The van der Waals surface area contributed by atoms with Gasteiger partial charge in [-0.1, -0.05) is 37.3 Å². The molecule has 3 rings (SSSR count). The number of aromatic nitrogens is 1. The Bertz CT molecular complexity index is 608. The van der Waals surface area contributed by atoms with Crippen LogP contribution in [0.1, 0.15) is 43.2 Å². The van der Waals surface area contributed by atoms with Crippen molar-refractivity contribution in [1.29, 1.82) is 0 Å². The minimum Gasteiger partial charge on any atom is -0.335 e. The van der Waals surface area contributed by atoms with Crippen molar-refractivity contribution in [2.75, 3.05) is 0 Å². The Labute approximate surface area is 132 Å². The van der Waals surface area contributed by atoms with Gasteiger partial charge in [0, 0.05) is 31.4 Å². The molecular formula is C19H22N2O. The SMILES string of the molecule is CC(CC(=O)N(Cc1ccncc1)C1CC1)c1ccccc1. The fraction of sp³-hybridized carbons (Fsp3) is 0.368. The Kier molecular flexibility index (Phi) is 4.52. The van der Waals surface area contributed by atoms with Crippen molar-refractivity contribution in [3.05, 3.63) is 66.0 Å². The van der Waals surface area contributed by atoms with Crippen LogP contribution >= 0.6 is 0 Å². The number of carbonyl (C=O) groups excluding carboxylic acids is 1. The van der Waals surface area contributed by atoms with Crippen molar-refractivity contribution in [3.63, 3.8) is 0 Å². The first-order valence-corrected chi connectivity index (χ1v) is 7.97. The van der Waals surface area contributed by atoms with Gasteiger partial charge >= 0.3 is 0 Å². The van der Waals surface area contributed by atoms with E-state index in [1.807, 2.05) is 30.3 Å². The third kappa shape index (κ3) is 3.73. The van der Waals surface area contributed by atoms with Crippen LogP contribution in [0, 0.1) is 0 Å². The Morgan fingerprint density at radius 1 is 1.18 bits per heavy atom. The van der Waals surface area contributed by atoms with Crippen molar-refractivity contribution in [2.45, 2.75) is 44.7 Å². The number of pyridine rings is 1. The number of rotatable bonds is 6. The number of benzene rings is 1. The van der Waals surface area contributed by atoms with E-state index in [2.05, 4.69) is 28.9 Å². The third-order valence-corrected chi connectivity index (χ3v) is 4.26. The monoisotopic (exact) mass is 294 g/mol. The van der Waals surface area contributed by atoms with Crippen molar-refractivity contribution in [1.82, 2.24) is 9.88 Å². The van der Waals surface area contributed by atoms with Gasteiger partial charge in [0.1, 0.15) is 0 Å². The van der Waals surface area contributed by atoms with Gasteiger partial charge in [0.2, 0.25) is 5.91 Å². The molecule has 0 saturated heterocycles. The lowest BCUT2D eigenvalue weighted by atomic mass is 9.97. The van der Waals surface area contributed by atoms with E-state index in [0.29, 0.717) is 19.0 Å². The molecule has 22 heavy (non-hydrogen) atoms. The van der Waals surface area contributed by atoms with Gasteiger partial charge in [0.25, 0.3) is 0 Å². The first-order valence-electron chi connectivity index (χ1n) is 7.97. The average molecular weight is 294 g/mol. The van der Waals surface area contributed by atoms with E-state index in [1.54, 1.807) is 12.4 Å². The molecule has 3 heteroatoms. The first kappa shape index (κ1) is 14.8. The van der Waals surface area contributed by atoms with Gasteiger partial charge < -0.3 is 4.90 Å². The maximum absolute atomic E-state index is 12.7. The second-order valence-corrected chi connectivity index (χ2v) is 6.12. The summed E-state index contributed by atoms with van der Waals surface area (Å²) in [5, 5.41) is 0. The van der Waals surface area contributed by atoms with E-state index in [4.69, 9.17) is 0 Å². The van der Waals surface area contributed by atoms with Crippen LogP contribution in [0.4, 0.5) is 0 Å². The van der Waals surface area contributed by atoms with Crippen LogP contribution in [0.2, 0.25) is 0 Å². The summed E-state index contributed by atoms with van der Waals surface area (Å²) >= 11 is 0. The maximum Gasteiger partial charge on any atom is 0.223 e. The van der Waals surface area contributed by atoms with E-state index in [9.17, 15) is 4.79 Å². The highest BCUT2D eigenvalue weighted by molar-refractivity contribution is 5.77. The molecule has 0 N–H and O–H groups in total. The summed E-state index contributed by atoms with van der Waals surface area (Å²) in [6, 6.07) is 14.7. The summed E-state index contributed by atoms with van der Waals surface area (Å²) < 4.78 is 0. The molecule has 1 unspecified atom stereocenters. The zero-order chi connectivity index (χ0) is 15.4. The molecule has 1 saturated carbocycles. The van der Waals surface area contributed by atoms with Crippen LogP contribution < -0.4 is 0 Å². The number of carbonyl (C=O) groups is 1. The van der Waals surface area contributed by atoms with Gasteiger partial charge in [-0.2, -0.15) is 0 Å².